The minimum Gasteiger partial charge on any atom is -0.463 e. The van der Waals surface area contributed by atoms with Crippen LogP contribution in [0.15, 0.2) is 0 Å². The van der Waals surface area contributed by atoms with E-state index in [4.69, 9.17) is 18.9 Å². The quantitative estimate of drug-likeness (QED) is 0.288. The predicted molar refractivity (Wildman–Crippen MR) is 172 cm³/mol. The Balaban J connectivity index is 1.57. The number of likely N-dealkylation sites (N-methyl/N-ethyl adjacent to an activating group) is 1. The number of Topliss-reactive ketones (excluding diaryl/α,β-unsaturated/α-hetero) is 1. The van der Waals surface area contributed by atoms with Crippen LogP contribution in [-0.2, 0) is 28.5 Å². The minimum absolute atomic E-state index is 0.0336. The molecule has 0 radical (unpaired) electrons. The zero-order chi connectivity index (χ0) is 32.6. The van der Waals surface area contributed by atoms with E-state index in [0.717, 1.165) is 31.7 Å². The Labute approximate surface area is 267 Å². The lowest BCUT2D eigenvalue weighted by Gasteiger charge is -2.48. The lowest BCUT2D eigenvalue weighted by atomic mass is 9.74. The van der Waals surface area contributed by atoms with Gasteiger partial charge in [-0.05, 0) is 112 Å². The molecule has 8 atom stereocenters. The first-order valence-corrected chi connectivity index (χ1v) is 17.2. The molecular weight excluding hydrogens is 558 g/mol. The van der Waals surface area contributed by atoms with Crippen LogP contribution in [0.4, 0.5) is 0 Å². The van der Waals surface area contributed by atoms with Crippen LogP contribution >= 0.6 is 0 Å². The number of esters is 1. The van der Waals surface area contributed by atoms with Crippen molar-refractivity contribution in [3.8, 4) is 0 Å². The molecule has 0 bridgehead atoms. The number of carbonyl (C=O) groups is 2. The molecule has 254 valence electrons. The Morgan fingerprint density at radius 2 is 1.64 bits per heavy atom. The van der Waals surface area contributed by atoms with Crippen molar-refractivity contribution < 1.29 is 28.5 Å². The molecule has 44 heavy (non-hydrogen) atoms. The number of nitrogens with zero attached hydrogens (tertiary/aromatic N) is 3. The van der Waals surface area contributed by atoms with Gasteiger partial charge in [-0.3, -0.25) is 14.5 Å². The van der Waals surface area contributed by atoms with Crippen molar-refractivity contribution in [2.24, 2.45) is 29.1 Å². The van der Waals surface area contributed by atoms with Crippen LogP contribution in [0, 0.1) is 29.1 Å². The van der Waals surface area contributed by atoms with Crippen LogP contribution in [0.2, 0.25) is 0 Å². The van der Waals surface area contributed by atoms with E-state index in [9.17, 15) is 9.59 Å². The molecule has 4 aliphatic rings. The molecule has 0 aromatic carbocycles. The van der Waals surface area contributed by atoms with E-state index in [0.29, 0.717) is 37.5 Å². The molecule has 0 unspecified atom stereocenters. The molecule has 2 heterocycles. The topological polar surface area (TPSA) is 80.8 Å². The van der Waals surface area contributed by atoms with Crippen LogP contribution in [0.5, 0.6) is 0 Å². The summed E-state index contributed by atoms with van der Waals surface area (Å²) in [5.74, 6) is 0.313. The SMILES string of the molecule is CO[C@]1(C)C[C@@H](C)CN(C)[C@H]([C@H]2C[C@H](N(C)CC3CC3)C2)COC(=O)C(C)(C)C(=O)[C@H](C)[C@H]1O[C@H]1C[C@@H](N(C)C)C[C@@H](C)O1. The van der Waals surface area contributed by atoms with Gasteiger partial charge in [0.25, 0.3) is 0 Å². The Bertz CT molecular complexity index is 982. The fourth-order valence-corrected chi connectivity index (χ4v) is 8.17. The summed E-state index contributed by atoms with van der Waals surface area (Å²) < 4.78 is 25.4. The summed E-state index contributed by atoms with van der Waals surface area (Å²) in [5.41, 5.74) is -2.10. The zero-order valence-corrected chi connectivity index (χ0v) is 29.6. The maximum Gasteiger partial charge on any atom is 0.319 e. The summed E-state index contributed by atoms with van der Waals surface area (Å²) in [7, 11) is 10.3. The van der Waals surface area contributed by atoms with Gasteiger partial charge in [0, 0.05) is 50.7 Å². The molecule has 2 aliphatic carbocycles. The van der Waals surface area contributed by atoms with Crippen molar-refractivity contribution in [3.05, 3.63) is 0 Å². The monoisotopic (exact) mass is 621 g/mol. The van der Waals surface area contributed by atoms with Crippen LogP contribution in [0.3, 0.4) is 0 Å². The largest absolute Gasteiger partial charge is 0.463 e. The molecule has 0 aromatic heterocycles. The molecule has 4 fully saturated rings. The number of ether oxygens (including phenoxy) is 4. The molecule has 2 saturated carbocycles. The molecule has 4 rings (SSSR count). The second-order valence-corrected chi connectivity index (χ2v) is 16.0. The second-order valence-electron chi connectivity index (χ2n) is 16.0. The maximum absolute atomic E-state index is 14.2. The summed E-state index contributed by atoms with van der Waals surface area (Å²) in [6, 6.07) is 1.02. The van der Waals surface area contributed by atoms with Crippen LogP contribution in [-0.4, -0.2) is 124 Å². The van der Waals surface area contributed by atoms with Crippen molar-refractivity contribution in [2.75, 3.05) is 55.0 Å². The fourth-order valence-electron chi connectivity index (χ4n) is 8.17. The first-order chi connectivity index (χ1) is 20.5. The fraction of sp³-hybridized carbons (Fsp3) is 0.943. The minimum atomic E-state index is -1.32. The molecule has 2 saturated heterocycles. The summed E-state index contributed by atoms with van der Waals surface area (Å²) in [6.07, 6.45) is 6.24. The van der Waals surface area contributed by atoms with E-state index < -0.39 is 35.3 Å². The van der Waals surface area contributed by atoms with Crippen molar-refractivity contribution in [1.29, 1.82) is 0 Å². The number of cyclic esters (lactones) is 1. The molecular formula is C35H63N3O6. The van der Waals surface area contributed by atoms with E-state index in [1.165, 1.54) is 19.4 Å². The highest BCUT2D eigenvalue weighted by Gasteiger charge is 2.51. The number of hydrogen-bond donors (Lipinski definition) is 0. The van der Waals surface area contributed by atoms with E-state index in [1.807, 2.05) is 6.92 Å². The van der Waals surface area contributed by atoms with Gasteiger partial charge in [0.15, 0.2) is 12.1 Å². The second kappa shape index (κ2) is 14.3. The summed E-state index contributed by atoms with van der Waals surface area (Å²) in [6.45, 7) is 14.0. The van der Waals surface area contributed by atoms with Gasteiger partial charge in [-0.2, -0.15) is 0 Å². The van der Waals surface area contributed by atoms with Gasteiger partial charge in [0.2, 0.25) is 0 Å². The molecule has 0 amide bonds. The van der Waals surface area contributed by atoms with Crippen molar-refractivity contribution in [1.82, 2.24) is 14.7 Å². The Kier molecular flexibility index (Phi) is 11.7. The van der Waals surface area contributed by atoms with Gasteiger partial charge in [-0.1, -0.05) is 13.8 Å². The number of methoxy groups -OCH3 is 1. The first-order valence-electron chi connectivity index (χ1n) is 17.2. The average Bonchev–Trinajstić information content (AvgIpc) is 3.74. The third kappa shape index (κ3) is 8.24. The number of ketones is 1. The molecule has 9 heteroatoms. The van der Waals surface area contributed by atoms with E-state index in [-0.39, 0.29) is 23.8 Å². The molecule has 0 N–H and O–H groups in total. The van der Waals surface area contributed by atoms with Crippen LogP contribution < -0.4 is 0 Å². The summed E-state index contributed by atoms with van der Waals surface area (Å²) in [4.78, 5) is 35.0. The van der Waals surface area contributed by atoms with E-state index in [1.54, 1.807) is 21.0 Å². The van der Waals surface area contributed by atoms with Crippen LogP contribution in [0.1, 0.15) is 86.5 Å². The molecule has 0 spiro atoms. The Hall–Kier alpha value is -1.10. The highest BCUT2D eigenvalue weighted by atomic mass is 16.7. The number of carbonyl (C=O) groups excluding carboxylic acids is 2. The van der Waals surface area contributed by atoms with Crippen molar-refractivity contribution >= 4 is 11.8 Å². The normalized spacial score (nSPS) is 41.4. The van der Waals surface area contributed by atoms with Crippen molar-refractivity contribution in [3.63, 3.8) is 0 Å². The molecule has 2 aliphatic heterocycles. The molecule has 0 aromatic rings. The number of rotatable bonds is 8. The third-order valence-corrected chi connectivity index (χ3v) is 11.4. The molecule has 9 nitrogen and oxygen atoms in total. The zero-order valence-electron chi connectivity index (χ0n) is 29.6. The van der Waals surface area contributed by atoms with E-state index >= 15 is 0 Å². The highest BCUT2D eigenvalue weighted by Crippen LogP contribution is 2.41. The van der Waals surface area contributed by atoms with Crippen molar-refractivity contribution in [2.45, 2.75) is 129 Å². The third-order valence-electron chi connectivity index (χ3n) is 11.4. The smallest absolute Gasteiger partial charge is 0.319 e. The Morgan fingerprint density at radius 1 is 0.977 bits per heavy atom. The lowest BCUT2D eigenvalue weighted by Crippen LogP contribution is -2.55. The predicted octanol–water partition coefficient (Wildman–Crippen LogP) is 4.47. The summed E-state index contributed by atoms with van der Waals surface area (Å²) >= 11 is 0. The standard InChI is InChI=1S/C35H63N3O6/c1-22-18-35(6,41-11)32(44-30-17-27(36(7)8)14-23(2)43-30)24(3)31(39)34(4,5)33(40)42-21-29(38(10)19-22)26-15-28(16-26)37(9)20-25-12-13-25/h22-30,32H,12-21H2,1-11H3/t22-,23-,24+,26-,27+,28-,29+,30+,32-,35-/m1/s1. The van der Waals surface area contributed by atoms with Gasteiger partial charge in [-0.15, -0.1) is 0 Å². The van der Waals surface area contributed by atoms with Crippen LogP contribution in [0.25, 0.3) is 0 Å². The average molecular weight is 622 g/mol. The maximum atomic E-state index is 14.2. The van der Waals surface area contributed by atoms with Gasteiger partial charge < -0.3 is 28.7 Å². The van der Waals surface area contributed by atoms with Gasteiger partial charge >= 0.3 is 5.97 Å². The van der Waals surface area contributed by atoms with E-state index in [2.05, 4.69) is 63.7 Å². The lowest BCUT2D eigenvalue weighted by molar-refractivity contribution is -0.263. The highest BCUT2D eigenvalue weighted by molar-refractivity contribution is 6.04. The Morgan fingerprint density at radius 3 is 2.23 bits per heavy atom. The van der Waals surface area contributed by atoms with Gasteiger partial charge in [-0.25, -0.2) is 0 Å². The first kappa shape index (κ1) is 35.7. The van der Waals surface area contributed by atoms with Gasteiger partial charge in [0.05, 0.1) is 17.8 Å². The summed E-state index contributed by atoms with van der Waals surface area (Å²) in [5, 5.41) is 0. The van der Waals surface area contributed by atoms with Gasteiger partial charge in [0.1, 0.15) is 12.0 Å². The number of hydrogen-bond acceptors (Lipinski definition) is 9.